The third kappa shape index (κ3) is 2.75. The Morgan fingerprint density at radius 1 is 1.27 bits per heavy atom. The average Bonchev–Trinajstić information content (AvgIpc) is 2.06. The quantitative estimate of drug-likeness (QED) is 0.609. The zero-order chi connectivity index (χ0) is 8.10. The molecule has 0 aromatic heterocycles. The van der Waals surface area contributed by atoms with Gasteiger partial charge in [-0.3, -0.25) is 0 Å². The first kappa shape index (κ1) is 8.32. The van der Waals surface area contributed by atoms with Gasteiger partial charge in [0.2, 0.25) is 0 Å². The van der Waals surface area contributed by atoms with E-state index in [9.17, 15) is 0 Å². The zero-order valence-electron chi connectivity index (χ0n) is 6.23. The van der Waals surface area contributed by atoms with Gasteiger partial charge in [0.25, 0.3) is 0 Å². The normalized spacial score (nSPS) is 9.55. The smallest absolute Gasteiger partial charge is 0.513 e. The molecule has 0 saturated heterocycles. The predicted molar refractivity (Wildman–Crippen MR) is 46.1 cm³/mol. The lowest BCUT2D eigenvalue weighted by molar-refractivity contribution is 0.309. The van der Waals surface area contributed by atoms with E-state index in [1.54, 1.807) is 12.1 Å². The number of benzene rings is 1. The third-order valence-electron chi connectivity index (χ3n) is 1.18. The van der Waals surface area contributed by atoms with E-state index in [1.165, 1.54) is 0 Å². The second kappa shape index (κ2) is 4.17. The maximum Gasteiger partial charge on any atom is 0.698 e. The molecule has 11 heavy (non-hydrogen) atoms. The topological polar surface area (TPSA) is 38.7 Å². The molecule has 0 bridgehead atoms. The van der Waals surface area contributed by atoms with Gasteiger partial charge >= 0.3 is 7.32 Å². The molecule has 0 heterocycles. The maximum absolute atomic E-state index is 8.90. The van der Waals surface area contributed by atoms with E-state index in [2.05, 4.69) is 4.34 Å². The summed E-state index contributed by atoms with van der Waals surface area (Å²) < 4.78 is 9.56. The summed E-state index contributed by atoms with van der Waals surface area (Å²) in [4.78, 5) is 0. The SMILES string of the molecule is OB(O[SiH3])Oc1ccccc1. The van der Waals surface area contributed by atoms with Crippen LogP contribution >= 0.6 is 0 Å². The Balaban J connectivity index is 2.51. The summed E-state index contributed by atoms with van der Waals surface area (Å²) in [5, 5.41) is 8.90. The summed E-state index contributed by atoms with van der Waals surface area (Å²) >= 11 is 0. The molecule has 0 aliphatic rings. The van der Waals surface area contributed by atoms with Crippen LogP contribution in [0.3, 0.4) is 0 Å². The van der Waals surface area contributed by atoms with Gasteiger partial charge in [0.1, 0.15) is 16.2 Å². The minimum absolute atomic E-state index is 0.459. The van der Waals surface area contributed by atoms with Crippen LogP contribution in [0.15, 0.2) is 30.3 Å². The molecule has 1 aromatic carbocycles. The van der Waals surface area contributed by atoms with Gasteiger partial charge in [0, 0.05) is 0 Å². The van der Waals surface area contributed by atoms with Crippen molar-refractivity contribution in [3.63, 3.8) is 0 Å². The fourth-order valence-electron chi connectivity index (χ4n) is 0.664. The molecule has 0 aliphatic heterocycles. The highest BCUT2D eigenvalue weighted by molar-refractivity contribution is 6.41. The van der Waals surface area contributed by atoms with Crippen LogP contribution in [0.4, 0.5) is 0 Å². The van der Waals surface area contributed by atoms with E-state index in [0.29, 0.717) is 16.2 Å². The number of hydrogen-bond donors (Lipinski definition) is 1. The van der Waals surface area contributed by atoms with Crippen LogP contribution in [0.25, 0.3) is 0 Å². The van der Waals surface area contributed by atoms with Crippen molar-refractivity contribution in [2.45, 2.75) is 0 Å². The van der Waals surface area contributed by atoms with E-state index < -0.39 is 7.32 Å². The van der Waals surface area contributed by atoms with E-state index in [-0.39, 0.29) is 0 Å². The molecule has 0 amide bonds. The molecule has 0 unspecified atom stereocenters. The highest BCUT2D eigenvalue weighted by Crippen LogP contribution is 2.08. The molecular formula is C6H9BO3Si. The minimum Gasteiger partial charge on any atom is -0.513 e. The summed E-state index contributed by atoms with van der Waals surface area (Å²) in [6, 6.07) is 9.04. The first-order chi connectivity index (χ1) is 5.33. The Morgan fingerprint density at radius 2 is 1.91 bits per heavy atom. The molecule has 0 fully saturated rings. The van der Waals surface area contributed by atoms with Gasteiger partial charge in [-0.05, 0) is 12.1 Å². The summed E-state index contributed by atoms with van der Waals surface area (Å²) in [5.74, 6) is 0.607. The molecule has 1 aromatic rings. The van der Waals surface area contributed by atoms with Gasteiger partial charge in [0.15, 0.2) is 0 Å². The second-order valence-corrected chi connectivity index (χ2v) is 2.45. The second-order valence-electron chi connectivity index (χ2n) is 1.97. The Labute approximate surface area is 68.7 Å². The van der Waals surface area contributed by atoms with E-state index in [0.717, 1.165) is 0 Å². The minimum atomic E-state index is -1.12. The maximum atomic E-state index is 8.90. The fraction of sp³-hybridized carbons (Fsp3) is 0. The average molecular weight is 168 g/mol. The van der Waals surface area contributed by atoms with Crippen LogP contribution in [0.1, 0.15) is 0 Å². The molecule has 5 heteroatoms. The molecule has 58 valence electrons. The van der Waals surface area contributed by atoms with Gasteiger partial charge in [-0.2, -0.15) is 0 Å². The van der Waals surface area contributed by atoms with Gasteiger partial charge in [-0.1, -0.05) is 18.2 Å². The highest BCUT2D eigenvalue weighted by Gasteiger charge is 2.13. The monoisotopic (exact) mass is 168 g/mol. The van der Waals surface area contributed by atoms with Crippen LogP contribution in [-0.2, 0) is 4.34 Å². The Bertz CT molecular complexity index is 206. The molecule has 0 spiro atoms. The summed E-state index contributed by atoms with van der Waals surface area (Å²) in [7, 11) is -0.663. The molecule has 0 atom stereocenters. The fourth-order valence-corrected chi connectivity index (χ4v) is 0.760. The lowest BCUT2D eigenvalue weighted by Gasteiger charge is -2.06. The Morgan fingerprint density at radius 3 is 2.45 bits per heavy atom. The molecule has 0 aliphatic carbocycles. The van der Waals surface area contributed by atoms with E-state index in [4.69, 9.17) is 9.68 Å². The predicted octanol–water partition coefficient (Wildman–Crippen LogP) is -0.660. The number of para-hydroxylation sites is 1. The van der Waals surface area contributed by atoms with Crippen molar-refractivity contribution in [1.82, 2.24) is 0 Å². The third-order valence-corrected chi connectivity index (χ3v) is 1.59. The highest BCUT2D eigenvalue weighted by atomic mass is 28.2. The lowest BCUT2D eigenvalue weighted by Crippen LogP contribution is -2.24. The van der Waals surface area contributed by atoms with Gasteiger partial charge in [-0.15, -0.1) is 0 Å². The van der Waals surface area contributed by atoms with Crippen LogP contribution in [0.5, 0.6) is 5.75 Å². The molecule has 1 rings (SSSR count). The van der Waals surface area contributed by atoms with Gasteiger partial charge in [-0.25, -0.2) is 0 Å². The van der Waals surface area contributed by atoms with Crippen LogP contribution in [0, 0.1) is 0 Å². The van der Waals surface area contributed by atoms with E-state index in [1.807, 2.05) is 18.2 Å². The summed E-state index contributed by atoms with van der Waals surface area (Å²) in [6.45, 7) is 0. The molecule has 0 saturated carbocycles. The van der Waals surface area contributed by atoms with Crippen LogP contribution in [0.2, 0.25) is 0 Å². The molecule has 1 N–H and O–H groups in total. The Hall–Kier alpha value is -0.778. The lowest BCUT2D eigenvalue weighted by atomic mass is 10.2. The number of rotatable bonds is 3. The first-order valence-corrected chi connectivity index (χ1v) is 4.07. The van der Waals surface area contributed by atoms with Crippen LogP contribution < -0.4 is 4.65 Å². The van der Waals surface area contributed by atoms with Crippen molar-refractivity contribution in [2.24, 2.45) is 0 Å². The van der Waals surface area contributed by atoms with Crippen molar-refractivity contribution < 1.29 is 14.0 Å². The van der Waals surface area contributed by atoms with Crippen molar-refractivity contribution in [1.29, 1.82) is 0 Å². The molecular weight excluding hydrogens is 159 g/mol. The first-order valence-electron chi connectivity index (χ1n) is 3.25. The molecule has 3 nitrogen and oxygen atoms in total. The van der Waals surface area contributed by atoms with E-state index >= 15 is 0 Å². The standard InChI is InChI=1S/C6H9BO3Si/c8-7(10-11)9-6-4-2-1-3-5-6/h1-5,8H,11H3. The van der Waals surface area contributed by atoms with Crippen molar-refractivity contribution in [3.05, 3.63) is 30.3 Å². The van der Waals surface area contributed by atoms with Crippen molar-refractivity contribution >= 4 is 17.8 Å². The van der Waals surface area contributed by atoms with Crippen LogP contribution in [-0.4, -0.2) is 22.8 Å². The number of hydrogen-bond acceptors (Lipinski definition) is 3. The molecule has 0 radical (unpaired) electrons. The van der Waals surface area contributed by atoms with Gasteiger partial charge in [0.05, 0.1) is 0 Å². The largest absolute Gasteiger partial charge is 0.698 e. The zero-order valence-corrected chi connectivity index (χ0v) is 8.23. The Kier molecular flexibility index (Phi) is 3.16. The van der Waals surface area contributed by atoms with Crippen molar-refractivity contribution in [3.8, 4) is 5.75 Å². The summed E-state index contributed by atoms with van der Waals surface area (Å²) in [5.41, 5.74) is 0. The summed E-state index contributed by atoms with van der Waals surface area (Å²) in [6.07, 6.45) is 0. The van der Waals surface area contributed by atoms with Gasteiger partial charge < -0.3 is 14.0 Å². The van der Waals surface area contributed by atoms with Crippen molar-refractivity contribution in [2.75, 3.05) is 0 Å².